The van der Waals surface area contributed by atoms with E-state index < -0.39 is 29.0 Å². The Labute approximate surface area is 184 Å². The largest absolute Gasteiger partial charge is 0.444 e. The fraction of sp³-hybridized carbons (Fsp3) is 0.455. The summed E-state index contributed by atoms with van der Waals surface area (Å²) in [7, 11) is 0. The number of rotatable bonds is 3. The summed E-state index contributed by atoms with van der Waals surface area (Å²) < 4.78 is 23.0. The number of amides is 1. The lowest BCUT2D eigenvalue weighted by Crippen LogP contribution is -2.58. The number of aromatic nitrogens is 4. The van der Waals surface area contributed by atoms with Crippen LogP contribution in [0.1, 0.15) is 27.2 Å². The predicted octanol–water partition coefficient (Wildman–Crippen LogP) is 2.29. The summed E-state index contributed by atoms with van der Waals surface area (Å²) in [5, 5.41) is 15.5. The van der Waals surface area contributed by atoms with E-state index in [1.54, 1.807) is 25.5 Å². The molecule has 1 fully saturated rings. The fourth-order valence-electron chi connectivity index (χ4n) is 3.72. The summed E-state index contributed by atoms with van der Waals surface area (Å²) in [4.78, 5) is 30.8. The third-order valence-electron chi connectivity index (χ3n) is 5.43. The summed E-state index contributed by atoms with van der Waals surface area (Å²) in [6.07, 6.45) is 0.280. The van der Waals surface area contributed by atoms with Crippen LogP contribution in [0.5, 0.6) is 0 Å². The zero-order chi connectivity index (χ0) is 23.1. The first-order valence-corrected chi connectivity index (χ1v) is 10.4. The number of carbonyl (C=O) groups is 1. The first-order valence-electron chi connectivity index (χ1n) is 10.4. The van der Waals surface area contributed by atoms with Gasteiger partial charge in [0.05, 0.1) is 25.0 Å². The maximum atomic E-state index is 15.0. The molecule has 170 valence electrons. The van der Waals surface area contributed by atoms with Gasteiger partial charge in [0, 0.05) is 6.54 Å². The first-order chi connectivity index (χ1) is 15.1. The van der Waals surface area contributed by atoms with Gasteiger partial charge in [-0.3, -0.25) is 9.36 Å². The summed E-state index contributed by atoms with van der Waals surface area (Å²) in [6, 6.07) is 9.26. The van der Waals surface area contributed by atoms with Crippen molar-refractivity contribution in [2.75, 3.05) is 13.1 Å². The molecule has 0 spiro atoms. The highest BCUT2D eigenvalue weighted by atomic mass is 19.1. The van der Waals surface area contributed by atoms with E-state index in [0.29, 0.717) is 5.65 Å². The highest BCUT2D eigenvalue weighted by molar-refractivity contribution is 5.74. The Hall–Kier alpha value is -3.27. The fourth-order valence-corrected chi connectivity index (χ4v) is 3.72. The second-order valence-corrected chi connectivity index (χ2v) is 9.05. The lowest BCUT2D eigenvalue weighted by atomic mass is 9.89. The van der Waals surface area contributed by atoms with Gasteiger partial charge >= 0.3 is 6.09 Å². The summed E-state index contributed by atoms with van der Waals surface area (Å²) >= 11 is 0. The number of halogens is 1. The van der Waals surface area contributed by atoms with Crippen molar-refractivity contribution in [3.8, 4) is 5.69 Å². The van der Waals surface area contributed by atoms with Crippen LogP contribution in [-0.2, 0) is 11.3 Å². The van der Waals surface area contributed by atoms with Gasteiger partial charge in [-0.25, -0.2) is 18.9 Å². The van der Waals surface area contributed by atoms with Crippen molar-refractivity contribution in [2.45, 2.75) is 51.1 Å². The lowest BCUT2D eigenvalue weighted by Gasteiger charge is -2.41. The minimum atomic E-state index is -1.81. The number of hydrogen-bond donors (Lipinski definition) is 1. The average molecular weight is 443 g/mol. The van der Waals surface area contributed by atoms with Gasteiger partial charge in [0.25, 0.3) is 5.56 Å². The quantitative estimate of drug-likeness (QED) is 0.666. The molecule has 0 aliphatic carbocycles. The molecule has 1 saturated heterocycles. The number of piperidine rings is 1. The monoisotopic (exact) mass is 443 g/mol. The van der Waals surface area contributed by atoms with E-state index in [0.717, 1.165) is 5.69 Å². The van der Waals surface area contributed by atoms with Crippen LogP contribution in [0, 0.1) is 0 Å². The Morgan fingerprint density at radius 1 is 1.31 bits per heavy atom. The van der Waals surface area contributed by atoms with E-state index in [2.05, 4.69) is 10.1 Å². The van der Waals surface area contributed by atoms with Crippen molar-refractivity contribution >= 4 is 17.1 Å². The lowest BCUT2D eigenvalue weighted by molar-refractivity contribution is -0.0952. The number of para-hydroxylation sites is 1. The van der Waals surface area contributed by atoms with Gasteiger partial charge in [0.1, 0.15) is 29.1 Å². The summed E-state index contributed by atoms with van der Waals surface area (Å²) in [5.74, 6) is 0. The van der Waals surface area contributed by atoms with Gasteiger partial charge in [0.2, 0.25) is 0 Å². The first kappa shape index (κ1) is 21.9. The molecule has 2 unspecified atom stereocenters. The third kappa shape index (κ3) is 4.22. The average Bonchev–Trinajstić information content (AvgIpc) is 3.16. The molecular formula is C22H26FN5O4. The van der Waals surface area contributed by atoms with E-state index in [4.69, 9.17) is 4.74 Å². The summed E-state index contributed by atoms with van der Waals surface area (Å²) in [5.41, 5.74) is -1.81. The van der Waals surface area contributed by atoms with Crippen LogP contribution in [0.25, 0.3) is 16.7 Å². The smallest absolute Gasteiger partial charge is 0.410 e. The van der Waals surface area contributed by atoms with E-state index in [1.165, 1.54) is 22.0 Å². The molecule has 0 saturated carbocycles. The molecule has 32 heavy (non-hydrogen) atoms. The third-order valence-corrected chi connectivity index (χ3v) is 5.43. The number of benzene rings is 1. The molecular weight excluding hydrogens is 417 g/mol. The van der Waals surface area contributed by atoms with Crippen molar-refractivity contribution < 1.29 is 19.0 Å². The van der Waals surface area contributed by atoms with Crippen LogP contribution in [0.3, 0.4) is 0 Å². The number of likely N-dealkylation sites (tertiary alicyclic amines) is 1. The zero-order valence-corrected chi connectivity index (χ0v) is 18.2. The molecule has 2 atom stereocenters. The van der Waals surface area contributed by atoms with Crippen molar-refractivity contribution in [1.29, 1.82) is 0 Å². The highest BCUT2D eigenvalue weighted by Gasteiger charge is 2.44. The highest BCUT2D eigenvalue weighted by Crippen LogP contribution is 2.28. The maximum Gasteiger partial charge on any atom is 0.410 e. The Morgan fingerprint density at radius 2 is 2.03 bits per heavy atom. The van der Waals surface area contributed by atoms with Crippen LogP contribution in [0.15, 0.2) is 47.7 Å². The van der Waals surface area contributed by atoms with Crippen LogP contribution in [-0.4, -0.2) is 65.9 Å². The van der Waals surface area contributed by atoms with Crippen LogP contribution in [0.4, 0.5) is 9.18 Å². The van der Waals surface area contributed by atoms with Crippen molar-refractivity contribution in [2.24, 2.45) is 0 Å². The number of alkyl halides is 1. The second-order valence-electron chi connectivity index (χ2n) is 9.05. The molecule has 2 aromatic heterocycles. The maximum absolute atomic E-state index is 15.0. The topological polar surface area (TPSA) is 102 Å². The minimum absolute atomic E-state index is 0.0405. The standard InChI is InChI=1S/C22H26FN5O4/c1-21(2,3)32-20(30)26-10-9-22(31,17(23)12-26)13-27-14-24-18-16(19(27)29)11-25-28(18)15-7-5-4-6-8-15/h4-8,11,14,17,31H,9-10,12-13H2,1-3H3. The molecule has 9 nitrogen and oxygen atoms in total. The van der Waals surface area contributed by atoms with Crippen LogP contribution < -0.4 is 5.56 Å². The number of fused-ring (bicyclic) bond motifs is 1. The van der Waals surface area contributed by atoms with Gasteiger partial charge in [-0.15, -0.1) is 0 Å². The number of aliphatic hydroxyl groups is 1. The van der Waals surface area contributed by atoms with E-state index in [-0.39, 0.29) is 31.4 Å². The van der Waals surface area contributed by atoms with Crippen LogP contribution in [0.2, 0.25) is 0 Å². The SMILES string of the molecule is CC(C)(C)OC(=O)N1CCC(O)(Cn2cnc3c(cnn3-c3ccccc3)c2=O)C(F)C1. The Bertz CT molecular complexity index is 1190. The zero-order valence-electron chi connectivity index (χ0n) is 18.2. The van der Waals surface area contributed by atoms with Crippen molar-refractivity contribution in [3.63, 3.8) is 0 Å². The van der Waals surface area contributed by atoms with Gasteiger partial charge in [-0.1, -0.05) is 18.2 Å². The molecule has 0 radical (unpaired) electrons. The molecule has 0 bridgehead atoms. The predicted molar refractivity (Wildman–Crippen MR) is 115 cm³/mol. The van der Waals surface area contributed by atoms with Gasteiger partial charge in [0.15, 0.2) is 5.65 Å². The van der Waals surface area contributed by atoms with Crippen LogP contribution >= 0.6 is 0 Å². The molecule has 3 aromatic rings. The number of nitrogens with zero attached hydrogens (tertiary/aromatic N) is 5. The van der Waals surface area contributed by atoms with Gasteiger partial charge in [-0.05, 0) is 39.3 Å². The van der Waals surface area contributed by atoms with Gasteiger partial charge < -0.3 is 14.7 Å². The molecule has 1 aliphatic heterocycles. The molecule has 10 heteroatoms. The van der Waals surface area contributed by atoms with Crippen molar-refractivity contribution in [1.82, 2.24) is 24.2 Å². The summed E-state index contributed by atoms with van der Waals surface area (Å²) in [6.45, 7) is 4.70. The second kappa shape index (κ2) is 8.01. The molecule has 1 N–H and O–H groups in total. The molecule has 3 heterocycles. The molecule has 1 aliphatic rings. The van der Waals surface area contributed by atoms with E-state index >= 15 is 0 Å². The molecule has 1 amide bonds. The van der Waals surface area contributed by atoms with E-state index in [1.807, 2.05) is 30.3 Å². The number of hydrogen-bond acceptors (Lipinski definition) is 6. The Morgan fingerprint density at radius 3 is 2.69 bits per heavy atom. The number of ether oxygens (including phenoxy) is 1. The van der Waals surface area contributed by atoms with Gasteiger partial charge in [-0.2, -0.15) is 5.10 Å². The Kier molecular flexibility index (Phi) is 5.49. The molecule has 1 aromatic carbocycles. The number of carbonyl (C=O) groups excluding carboxylic acids is 1. The van der Waals surface area contributed by atoms with E-state index in [9.17, 15) is 19.1 Å². The molecule has 4 rings (SSSR count). The van der Waals surface area contributed by atoms with Crippen molar-refractivity contribution in [3.05, 3.63) is 53.2 Å². The normalized spacial score (nSPS) is 21.7. The minimum Gasteiger partial charge on any atom is -0.444 e. The Balaban J connectivity index is 1.54.